The lowest BCUT2D eigenvalue weighted by atomic mass is 9.73. The molecule has 0 unspecified atom stereocenters. The van der Waals surface area contributed by atoms with Gasteiger partial charge in [-0.3, -0.25) is 0 Å². The predicted molar refractivity (Wildman–Crippen MR) is 162 cm³/mol. The molecule has 0 radical (unpaired) electrons. The van der Waals surface area contributed by atoms with Crippen LogP contribution in [0.2, 0.25) is 0 Å². The Morgan fingerprint density at radius 3 is 2.23 bits per heavy atom. The summed E-state index contributed by atoms with van der Waals surface area (Å²) in [4.78, 5) is 0. The van der Waals surface area contributed by atoms with E-state index < -0.39 is 0 Å². The number of rotatable bonds is 5. The van der Waals surface area contributed by atoms with Gasteiger partial charge in [-0.05, 0) is 71.0 Å². The van der Waals surface area contributed by atoms with E-state index in [-0.39, 0.29) is 5.41 Å². The van der Waals surface area contributed by atoms with Gasteiger partial charge in [0.25, 0.3) is 0 Å². The number of nitrogens with zero attached hydrogens (tertiary/aromatic N) is 2. The van der Waals surface area contributed by atoms with Crippen molar-refractivity contribution >= 4 is 16.3 Å². The highest BCUT2D eigenvalue weighted by Crippen LogP contribution is 2.54. The Hall–Kier alpha value is -4.17. The van der Waals surface area contributed by atoms with Gasteiger partial charge < -0.3 is 0 Å². The molecule has 2 heteroatoms. The van der Waals surface area contributed by atoms with Crippen molar-refractivity contribution in [1.29, 1.82) is 0 Å². The minimum Gasteiger partial charge on any atom is -0.236 e. The summed E-state index contributed by atoms with van der Waals surface area (Å²) in [5.41, 5.74) is 13.1. The second-order valence-electron chi connectivity index (χ2n) is 11.4. The molecule has 2 nitrogen and oxygen atoms in total. The van der Waals surface area contributed by atoms with Crippen molar-refractivity contribution in [2.24, 2.45) is 0 Å². The van der Waals surface area contributed by atoms with Gasteiger partial charge in [-0.25, -0.2) is 4.52 Å². The number of benzene rings is 4. The third-order valence-electron chi connectivity index (χ3n) is 9.46. The molecule has 2 heterocycles. The topological polar surface area (TPSA) is 17.3 Å². The fourth-order valence-corrected chi connectivity index (χ4v) is 7.28. The number of fused-ring (bicyclic) bond motifs is 6. The molecule has 0 aliphatic heterocycles. The highest BCUT2D eigenvalue weighted by Gasteiger charge is 2.40. The highest BCUT2D eigenvalue weighted by molar-refractivity contribution is 6.07. The Morgan fingerprint density at radius 1 is 0.718 bits per heavy atom. The molecule has 0 saturated heterocycles. The van der Waals surface area contributed by atoms with E-state index >= 15 is 0 Å². The Labute approximate surface area is 229 Å². The minimum atomic E-state index is 0.0407. The fourth-order valence-electron chi connectivity index (χ4n) is 7.28. The van der Waals surface area contributed by atoms with E-state index in [1.807, 2.05) is 0 Å². The summed E-state index contributed by atoms with van der Waals surface area (Å²) in [6.07, 6.45) is 4.67. The third-order valence-corrected chi connectivity index (χ3v) is 9.46. The van der Waals surface area contributed by atoms with Crippen LogP contribution in [0, 0.1) is 0 Å². The normalized spacial score (nSPS) is 15.5. The average molecular weight is 505 g/mol. The maximum absolute atomic E-state index is 5.40. The van der Waals surface area contributed by atoms with Gasteiger partial charge in [0.2, 0.25) is 0 Å². The van der Waals surface area contributed by atoms with Crippen molar-refractivity contribution in [1.82, 2.24) is 9.61 Å². The van der Waals surface area contributed by atoms with E-state index in [9.17, 15) is 0 Å². The maximum Gasteiger partial charge on any atom is 0.101 e. The Morgan fingerprint density at radius 2 is 1.44 bits per heavy atom. The summed E-state index contributed by atoms with van der Waals surface area (Å²) >= 11 is 0. The largest absolute Gasteiger partial charge is 0.236 e. The smallest absolute Gasteiger partial charge is 0.101 e. The molecule has 0 N–H and O–H groups in total. The molecule has 2 aromatic heterocycles. The first kappa shape index (κ1) is 22.8. The molecule has 0 atom stereocenters. The van der Waals surface area contributed by atoms with E-state index in [4.69, 9.17) is 5.10 Å². The highest BCUT2D eigenvalue weighted by atomic mass is 15.2. The summed E-state index contributed by atoms with van der Waals surface area (Å²) < 4.78 is 2.28. The lowest BCUT2D eigenvalue weighted by Crippen LogP contribution is -2.23. The number of hydrogen-bond donors (Lipinski definition) is 0. The third kappa shape index (κ3) is 3.18. The zero-order valence-electron chi connectivity index (χ0n) is 22.6. The van der Waals surface area contributed by atoms with Gasteiger partial charge in [0.15, 0.2) is 0 Å². The second kappa shape index (κ2) is 8.41. The van der Waals surface area contributed by atoms with Crippen molar-refractivity contribution < 1.29 is 0 Å². The Kier molecular flexibility index (Phi) is 4.91. The van der Waals surface area contributed by atoms with E-state index in [2.05, 4.69) is 121 Å². The average Bonchev–Trinajstić information content (AvgIpc) is 3.70. The molecule has 2 aliphatic carbocycles. The predicted octanol–water partition coefficient (Wildman–Crippen LogP) is 9.79. The molecular formula is C37H32N2. The van der Waals surface area contributed by atoms with Crippen molar-refractivity contribution in [3.8, 4) is 33.5 Å². The summed E-state index contributed by atoms with van der Waals surface area (Å²) in [6, 6.07) is 38.3. The monoisotopic (exact) mass is 504 g/mol. The molecule has 4 aromatic carbocycles. The van der Waals surface area contributed by atoms with Crippen LogP contribution in [0.3, 0.4) is 0 Å². The fraction of sp³-hybridized carbons (Fsp3) is 0.216. The summed E-state index contributed by atoms with van der Waals surface area (Å²) in [5.74, 6) is 0.593. The van der Waals surface area contributed by atoms with Crippen molar-refractivity contribution in [2.45, 2.75) is 50.9 Å². The maximum atomic E-state index is 5.40. The molecule has 39 heavy (non-hydrogen) atoms. The first-order chi connectivity index (χ1) is 19.2. The SMILES string of the molecule is CCC1(CC)c2ccccc2-c2ccc(-c3c(-c4ccccc4)nn4c(C5CC5)cc5ccccc5c34)cc21. The molecule has 0 spiro atoms. The van der Waals surface area contributed by atoms with E-state index in [0.717, 1.165) is 18.5 Å². The number of aromatic nitrogens is 2. The summed E-state index contributed by atoms with van der Waals surface area (Å²) in [5, 5.41) is 7.97. The molecule has 1 fully saturated rings. The van der Waals surface area contributed by atoms with Gasteiger partial charge >= 0.3 is 0 Å². The van der Waals surface area contributed by atoms with Crippen LogP contribution < -0.4 is 0 Å². The summed E-state index contributed by atoms with van der Waals surface area (Å²) in [6.45, 7) is 4.70. The first-order valence-corrected chi connectivity index (χ1v) is 14.5. The molecule has 1 saturated carbocycles. The molecule has 0 amide bonds. The van der Waals surface area contributed by atoms with Gasteiger partial charge in [-0.1, -0.05) is 105 Å². The van der Waals surface area contributed by atoms with E-state index in [1.165, 1.54) is 73.8 Å². The number of pyridine rings is 1. The van der Waals surface area contributed by atoms with Crippen molar-refractivity contribution in [3.63, 3.8) is 0 Å². The standard InChI is InChI=1S/C37H32N2/c1-3-37(4-2)31-17-11-10-16-29(31)30-21-20-27(22-32(30)37)34-35(25-12-6-5-7-13-25)38-39-33(24-18-19-24)23-26-14-8-9-15-28(26)36(34)39/h5-17,20-24H,3-4,18-19H2,1-2H3. The molecule has 2 aliphatic rings. The van der Waals surface area contributed by atoms with Crippen molar-refractivity contribution in [2.75, 3.05) is 0 Å². The van der Waals surface area contributed by atoms with E-state index in [1.54, 1.807) is 0 Å². The second-order valence-corrected chi connectivity index (χ2v) is 11.4. The van der Waals surface area contributed by atoms with Crippen LogP contribution in [0.25, 0.3) is 49.8 Å². The van der Waals surface area contributed by atoms with E-state index in [0.29, 0.717) is 5.92 Å². The van der Waals surface area contributed by atoms with Crippen LogP contribution in [0.15, 0.2) is 103 Å². The Balaban J connectivity index is 1.48. The van der Waals surface area contributed by atoms with Gasteiger partial charge in [0, 0.05) is 33.5 Å². The van der Waals surface area contributed by atoms with Gasteiger partial charge in [-0.15, -0.1) is 0 Å². The Bertz CT molecular complexity index is 1880. The number of hydrogen-bond acceptors (Lipinski definition) is 1. The van der Waals surface area contributed by atoms with Crippen LogP contribution in [-0.4, -0.2) is 9.61 Å². The molecule has 190 valence electrons. The van der Waals surface area contributed by atoms with Crippen LogP contribution in [0.1, 0.15) is 62.3 Å². The summed E-state index contributed by atoms with van der Waals surface area (Å²) in [7, 11) is 0. The van der Waals surface area contributed by atoms with Gasteiger partial charge in [0.1, 0.15) is 5.69 Å². The van der Waals surface area contributed by atoms with Crippen LogP contribution in [-0.2, 0) is 5.41 Å². The molecule has 0 bridgehead atoms. The van der Waals surface area contributed by atoms with Crippen LogP contribution in [0.4, 0.5) is 0 Å². The first-order valence-electron chi connectivity index (χ1n) is 14.5. The van der Waals surface area contributed by atoms with Crippen LogP contribution in [0.5, 0.6) is 0 Å². The van der Waals surface area contributed by atoms with Crippen LogP contribution >= 0.6 is 0 Å². The lowest BCUT2D eigenvalue weighted by Gasteiger charge is -2.30. The molecular weight excluding hydrogens is 472 g/mol. The van der Waals surface area contributed by atoms with Crippen molar-refractivity contribution in [3.05, 3.63) is 120 Å². The minimum absolute atomic E-state index is 0.0407. The quantitative estimate of drug-likeness (QED) is 0.228. The molecule has 6 aromatic rings. The zero-order chi connectivity index (χ0) is 26.1. The lowest BCUT2D eigenvalue weighted by molar-refractivity contribution is 0.490. The molecule has 8 rings (SSSR count). The zero-order valence-corrected chi connectivity index (χ0v) is 22.6. The van der Waals surface area contributed by atoms with Gasteiger partial charge in [0.05, 0.1) is 5.52 Å². The van der Waals surface area contributed by atoms with Gasteiger partial charge in [-0.2, -0.15) is 5.10 Å².